The fraction of sp³-hybridized carbons (Fsp3) is 0.350. The first-order valence-corrected chi connectivity index (χ1v) is 10.2. The van der Waals surface area contributed by atoms with Crippen LogP contribution in [0.25, 0.3) is 0 Å². The Balaban J connectivity index is 1.68. The predicted molar refractivity (Wildman–Crippen MR) is 103 cm³/mol. The average Bonchev–Trinajstić information content (AvgIpc) is 2.97. The Morgan fingerprint density at radius 1 is 1.04 bits per heavy atom. The van der Waals surface area contributed by atoms with Gasteiger partial charge in [0.1, 0.15) is 0 Å². The lowest BCUT2D eigenvalue weighted by molar-refractivity contribution is -0.117. The SMILES string of the molecule is Cc1ccc(N2CC(CNS(=O)(=O)c3cc(C)ccc3C)CC2=O)cc1. The fourth-order valence-electron chi connectivity index (χ4n) is 3.19. The Bertz CT molecular complexity index is 921. The van der Waals surface area contributed by atoms with Crippen LogP contribution in [0.5, 0.6) is 0 Å². The minimum absolute atomic E-state index is 0.0322. The number of aryl methyl sites for hydroxylation is 3. The van der Waals surface area contributed by atoms with E-state index in [9.17, 15) is 13.2 Å². The molecule has 0 radical (unpaired) electrons. The van der Waals surface area contributed by atoms with Gasteiger partial charge in [0.2, 0.25) is 15.9 Å². The summed E-state index contributed by atoms with van der Waals surface area (Å²) >= 11 is 0. The topological polar surface area (TPSA) is 66.5 Å². The van der Waals surface area contributed by atoms with E-state index in [4.69, 9.17) is 0 Å². The number of rotatable bonds is 5. The molecule has 26 heavy (non-hydrogen) atoms. The average molecular weight is 372 g/mol. The van der Waals surface area contributed by atoms with Gasteiger partial charge in [-0.1, -0.05) is 29.8 Å². The lowest BCUT2D eigenvalue weighted by atomic mass is 10.1. The van der Waals surface area contributed by atoms with Gasteiger partial charge in [-0.2, -0.15) is 0 Å². The molecule has 2 aromatic carbocycles. The molecule has 1 fully saturated rings. The highest BCUT2D eigenvalue weighted by Crippen LogP contribution is 2.25. The highest BCUT2D eigenvalue weighted by Gasteiger charge is 2.31. The van der Waals surface area contributed by atoms with E-state index < -0.39 is 10.0 Å². The number of anilines is 1. The second-order valence-corrected chi connectivity index (χ2v) is 8.77. The molecule has 0 aromatic heterocycles. The van der Waals surface area contributed by atoms with E-state index in [2.05, 4.69) is 4.72 Å². The van der Waals surface area contributed by atoms with E-state index in [0.717, 1.165) is 16.8 Å². The van der Waals surface area contributed by atoms with Crippen molar-refractivity contribution in [1.82, 2.24) is 4.72 Å². The number of benzene rings is 2. The summed E-state index contributed by atoms with van der Waals surface area (Å²) in [6, 6.07) is 13.2. The molecule has 1 saturated heterocycles. The van der Waals surface area contributed by atoms with Gasteiger partial charge in [-0.15, -0.1) is 0 Å². The molecule has 5 nitrogen and oxygen atoms in total. The number of nitrogens with one attached hydrogen (secondary N) is 1. The zero-order valence-corrected chi connectivity index (χ0v) is 16.1. The molecule has 1 atom stereocenters. The number of carbonyl (C=O) groups excluding carboxylic acids is 1. The Morgan fingerprint density at radius 2 is 1.69 bits per heavy atom. The van der Waals surface area contributed by atoms with Crippen molar-refractivity contribution in [3.63, 3.8) is 0 Å². The van der Waals surface area contributed by atoms with Crippen molar-refractivity contribution in [2.24, 2.45) is 5.92 Å². The minimum Gasteiger partial charge on any atom is -0.312 e. The van der Waals surface area contributed by atoms with Gasteiger partial charge in [0.05, 0.1) is 4.90 Å². The lowest BCUT2D eigenvalue weighted by Crippen LogP contribution is -2.31. The number of carbonyl (C=O) groups is 1. The largest absolute Gasteiger partial charge is 0.312 e. The Kier molecular flexibility index (Phi) is 5.16. The van der Waals surface area contributed by atoms with E-state index in [0.29, 0.717) is 23.4 Å². The van der Waals surface area contributed by atoms with E-state index in [1.54, 1.807) is 17.9 Å². The van der Waals surface area contributed by atoms with Crippen LogP contribution in [0.3, 0.4) is 0 Å². The van der Waals surface area contributed by atoms with Crippen LogP contribution in [0.15, 0.2) is 47.4 Å². The van der Waals surface area contributed by atoms with Crippen LogP contribution in [0.4, 0.5) is 5.69 Å². The van der Waals surface area contributed by atoms with Gasteiger partial charge in [0.25, 0.3) is 0 Å². The standard InChI is InChI=1S/C20H24N2O3S/c1-14-5-8-18(9-6-14)22-13-17(11-20(22)23)12-21-26(24,25)19-10-15(2)4-7-16(19)3/h4-10,17,21H,11-13H2,1-3H3. The Hall–Kier alpha value is -2.18. The fourth-order valence-corrected chi connectivity index (χ4v) is 4.64. The molecule has 1 unspecified atom stereocenters. The van der Waals surface area contributed by atoms with Crippen molar-refractivity contribution in [2.75, 3.05) is 18.0 Å². The number of hydrogen-bond acceptors (Lipinski definition) is 3. The Morgan fingerprint density at radius 3 is 2.38 bits per heavy atom. The van der Waals surface area contributed by atoms with Crippen molar-refractivity contribution in [2.45, 2.75) is 32.1 Å². The molecule has 0 bridgehead atoms. The zero-order chi connectivity index (χ0) is 18.9. The maximum Gasteiger partial charge on any atom is 0.240 e. The minimum atomic E-state index is -3.59. The summed E-state index contributed by atoms with van der Waals surface area (Å²) in [6.45, 7) is 6.43. The maximum absolute atomic E-state index is 12.6. The first kappa shape index (κ1) is 18.6. The molecular formula is C20H24N2O3S. The van der Waals surface area contributed by atoms with E-state index >= 15 is 0 Å². The molecular weight excluding hydrogens is 348 g/mol. The maximum atomic E-state index is 12.6. The van der Waals surface area contributed by atoms with Crippen LogP contribution in [-0.2, 0) is 14.8 Å². The van der Waals surface area contributed by atoms with Gasteiger partial charge in [-0.05, 0) is 56.0 Å². The number of nitrogens with zero attached hydrogens (tertiary/aromatic N) is 1. The number of sulfonamides is 1. The van der Waals surface area contributed by atoms with Crippen molar-refractivity contribution in [3.8, 4) is 0 Å². The van der Waals surface area contributed by atoms with Gasteiger partial charge in [0, 0.05) is 25.2 Å². The van der Waals surface area contributed by atoms with Crippen LogP contribution >= 0.6 is 0 Å². The molecule has 0 saturated carbocycles. The van der Waals surface area contributed by atoms with Gasteiger partial charge in [0.15, 0.2) is 0 Å². The molecule has 1 aliphatic heterocycles. The summed E-state index contributed by atoms with van der Waals surface area (Å²) in [6.07, 6.45) is 0.350. The first-order chi connectivity index (χ1) is 12.3. The third-order valence-electron chi connectivity index (χ3n) is 4.75. The third kappa shape index (κ3) is 3.97. The summed E-state index contributed by atoms with van der Waals surface area (Å²) < 4.78 is 27.9. The summed E-state index contributed by atoms with van der Waals surface area (Å²) in [5.41, 5.74) is 3.61. The molecule has 138 valence electrons. The zero-order valence-electron chi connectivity index (χ0n) is 15.3. The molecule has 0 spiro atoms. The molecule has 6 heteroatoms. The van der Waals surface area contributed by atoms with E-state index in [1.165, 1.54) is 0 Å². The molecule has 1 heterocycles. The monoisotopic (exact) mass is 372 g/mol. The van der Waals surface area contributed by atoms with Crippen molar-refractivity contribution in [3.05, 3.63) is 59.2 Å². The quantitative estimate of drug-likeness (QED) is 0.877. The van der Waals surface area contributed by atoms with Gasteiger partial charge in [-0.3, -0.25) is 4.79 Å². The first-order valence-electron chi connectivity index (χ1n) is 8.70. The summed E-state index contributed by atoms with van der Waals surface area (Å²) in [4.78, 5) is 14.3. The van der Waals surface area contributed by atoms with Gasteiger partial charge < -0.3 is 4.90 Å². The van der Waals surface area contributed by atoms with Crippen molar-refractivity contribution < 1.29 is 13.2 Å². The van der Waals surface area contributed by atoms with Gasteiger partial charge >= 0.3 is 0 Å². The number of amides is 1. The van der Waals surface area contributed by atoms with Crippen LogP contribution in [-0.4, -0.2) is 27.4 Å². The smallest absolute Gasteiger partial charge is 0.240 e. The molecule has 1 N–H and O–H groups in total. The predicted octanol–water partition coefficient (Wildman–Crippen LogP) is 2.94. The van der Waals surface area contributed by atoms with Crippen LogP contribution < -0.4 is 9.62 Å². The Labute approximate surface area is 155 Å². The molecule has 1 aliphatic rings. The highest BCUT2D eigenvalue weighted by molar-refractivity contribution is 7.89. The summed E-state index contributed by atoms with van der Waals surface area (Å²) in [5, 5.41) is 0. The van der Waals surface area contributed by atoms with Crippen LogP contribution in [0, 0.1) is 26.7 Å². The van der Waals surface area contributed by atoms with E-state index in [1.807, 2.05) is 50.2 Å². The van der Waals surface area contributed by atoms with Gasteiger partial charge in [-0.25, -0.2) is 13.1 Å². The molecule has 1 amide bonds. The van der Waals surface area contributed by atoms with Crippen LogP contribution in [0.2, 0.25) is 0 Å². The van der Waals surface area contributed by atoms with Crippen molar-refractivity contribution in [1.29, 1.82) is 0 Å². The third-order valence-corrected chi connectivity index (χ3v) is 6.31. The van der Waals surface area contributed by atoms with Crippen molar-refractivity contribution >= 4 is 21.6 Å². The lowest BCUT2D eigenvalue weighted by Gasteiger charge is -2.17. The van der Waals surface area contributed by atoms with E-state index in [-0.39, 0.29) is 18.4 Å². The van der Waals surface area contributed by atoms with Crippen LogP contribution in [0.1, 0.15) is 23.1 Å². The second kappa shape index (κ2) is 7.21. The molecule has 0 aliphatic carbocycles. The summed E-state index contributed by atoms with van der Waals surface area (Å²) in [7, 11) is -3.59. The molecule has 2 aromatic rings. The summed E-state index contributed by atoms with van der Waals surface area (Å²) in [5.74, 6) is -0.00604. The highest BCUT2D eigenvalue weighted by atomic mass is 32.2. The molecule has 3 rings (SSSR count). The normalized spacial score (nSPS) is 17.7. The second-order valence-electron chi connectivity index (χ2n) is 7.03. The number of hydrogen-bond donors (Lipinski definition) is 1.